The van der Waals surface area contributed by atoms with Crippen LogP contribution in [0.1, 0.15) is 26.2 Å². The molecule has 4 atom stereocenters. The molecule has 0 radical (unpaired) electrons. The van der Waals surface area contributed by atoms with Gasteiger partial charge in [-0.3, -0.25) is 9.67 Å². The molecule has 2 aliphatic heterocycles. The molecule has 0 spiro atoms. The molecule has 2 saturated heterocycles. The van der Waals surface area contributed by atoms with Gasteiger partial charge in [0.1, 0.15) is 17.7 Å². The van der Waals surface area contributed by atoms with Crippen molar-refractivity contribution < 1.29 is 9.50 Å². The molecule has 3 aromatic rings. The van der Waals surface area contributed by atoms with Gasteiger partial charge in [0.15, 0.2) is 0 Å². The molecule has 1 aromatic carbocycles. The van der Waals surface area contributed by atoms with Crippen LogP contribution in [0.5, 0.6) is 5.75 Å². The van der Waals surface area contributed by atoms with Crippen LogP contribution in [0.25, 0.3) is 22.4 Å². The van der Waals surface area contributed by atoms with E-state index in [1.54, 1.807) is 24.7 Å². The minimum atomic E-state index is -0.918. The van der Waals surface area contributed by atoms with Crippen LogP contribution in [-0.4, -0.2) is 56.2 Å². The number of anilines is 1. The van der Waals surface area contributed by atoms with Crippen LogP contribution in [0, 0.1) is 0 Å². The Balaban J connectivity index is 1.35. The van der Waals surface area contributed by atoms with Gasteiger partial charge >= 0.3 is 0 Å². The van der Waals surface area contributed by atoms with Gasteiger partial charge < -0.3 is 15.3 Å². The van der Waals surface area contributed by atoms with Gasteiger partial charge in [0.05, 0.1) is 30.3 Å². The standard InChI is InChI=1S/C23H27FN6O/c1-3-30-13-15(10-27-30)14-4-6-17(21(31)8-14)19-11-26-22(12-25-19)29(2)20-9-16-5-7-18(28-16)23(20)24/h4,6,8,10-13,16,18,20,23,28,31H,3,5,7,9H2,1-2H3/t16?,18?,20-,23+/m0/s1. The van der Waals surface area contributed by atoms with E-state index in [1.807, 2.05) is 41.9 Å². The number of benzene rings is 1. The number of nitrogens with zero attached hydrogens (tertiary/aromatic N) is 5. The van der Waals surface area contributed by atoms with Crippen LogP contribution in [-0.2, 0) is 6.54 Å². The van der Waals surface area contributed by atoms with Crippen LogP contribution in [0.2, 0.25) is 0 Å². The Hall–Kier alpha value is -3.00. The van der Waals surface area contributed by atoms with Crippen LogP contribution < -0.4 is 10.2 Å². The minimum absolute atomic E-state index is 0.0571. The molecular weight excluding hydrogens is 395 g/mol. The summed E-state index contributed by atoms with van der Waals surface area (Å²) in [7, 11) is 1.88. The lowest BCUT2D eigenvalue weighted by Crippen LogP contribution is -2.55. The van der Waals surface area contributed by atoms with Gasteiger partial charge in [0.2, 0.25) is 0 Å². The molecular formula is C23H27FN6O. The van der Waals surface area contributed by atoms with Crippen LogP contribution in [0.15, 0.2) is 43.0 Å². The second-order valence-corrected chi connectivity index (χ2v) is 8.48. The first-order valence-electron chi connectivity index (χ1n) is 10.8. The number of alkyl halides is 1. The third-order valence-electron chi connectivity index (χ3n) is 6.62. The molecule has 4 heterocycles. The van der Waals surface area contributed by atoms with E-state index in [0.717, 1.165) is 36.9 Å². The van der Waals surface area contributed by atoms with Crippen molar-refractivity contribution in [3.63, 3.8) is 0 Å². The number of piperidine rings is 1. The van der Waals surface area contributed by atoms with Gasteiger partial charge in [-0.05, 0) is 43.9 Å². The predicted octanol–water partition coefficient (Wildman–Crippen LogP) is 3.40. The molecule has 2 fully saturated rings. The number of phenols is 1. The number of fused-ring (bicyclic) bond motifs is 2. The largest absolute Gasteiger partial charge is 0.507 e. The Kier molecular flexibility index (Phi) is 5.09. The second-order valence-electron chi connectivity index (χ2n) is 8.48. The number of aromatic nitrogens is 4. The minimum Gasteiger partial charge on any atom is -0.507 e. The number of rotatable bonds is 5. The first-order chi connectivity index (χ1) is 15.0. The highest BCUT2D eigenvalue weighted by Gasteiger charge is 2.43. The fourth-order valence-corrected chi connectivity index (χ4v) is 4.77. The number of hydrogen-bond acceptors (Lipinski definition) is 6. The summed E-state index contributed by atoms with van der Waals surface area (Å²) in [6.45, 7) is 2.82. The maximum atomic E-state index is 14.9. The number of aromatic hydroxyl groups is 1. The van der Waals surface area contributed by atoms with E-state index in [2.05, 4.69) is 20.4 Å². The lowest BCUT2D eigenvalue weighted by molar-refractivity contribution is 0.176. The zero-order valence-electron chi connectivity index (χ0n) is 17.7. The molecule has 31 heavy (non-hydrogen) atoms. The second kappa shape index (κ2) is 7.92. The van der Waals surface area contributed by atoms with Crippen LogP contribution in [0.4, 0.5) is 10.2 Å². The molecule has 2 N–H and O–H groups in total. The zero-order chi connectivity index (χ0) is 21.5. The highest BCUT2D eigenvalue weighted by Crippen LogP contribution is 2.35. The number of aryl methyl sites for hydroxylation is 1. The van der Waals surface area contributed by atoms with E-state index >= 15 is 0 Å². The van der Waals surface area contributed by atoms with E-state index < -0.39 is 6.17 Å². The van der Waals surface area contributed by atoms with Crippen molar-refractivity contribution in [3.8, 4) is 28.1 Å². The Morgan fingerprint density at radius 1 is 1.19 bits per heavy atom. The van der Waals surface area contributed by atoms with E-state index in [0.29, 0.717) is 23.1 Å². The van der Waals surface area contributed by atoms with Gasteiger partial charge in [-0.1, -0.05) is 6.07 Å². The molecule has 0 amide bonds. The van der Waals surface area contributed by atoms with Crippen molar-refractivity contribution in [1.29, 1.82) is 0 Å². The summed E-state index contributed by atoms with van der Waals surface area (Å²) in [5, 5.41) is 18.2. The molecule has 0 aliphatic carbocycles. The molecule has 2 aliphatic rings. The van der Waals surface area contributed by atoms with Gasteiger partial charge in [0, 0.05) is 43.0 Å². The fraction of sp³-hybridized carbons (Fsp3) is 0.435. The van der Waals surface area contributed by atoms with E-state index in [9.17, 15) is 9.50 Å². The third kappa shape index (κ3) is 3.65. The average Bonchev–Trinajstić information content (AvgIpc) is 3.43. The van der Waals surface area contributed by atoms with Crippen molar-refractivity contribution in [2.75, 3.05) is 11.9 Å². The number of phenolic OH excluding ortho intramolecular Hbond substituents is 1. The van der Waals surface area contributed by atoms with Crippen molar-refractivity contribution >= 4 is 5.82 Å². The molecule has 7 nitrogen and oxygen atoms in total. The summed E-state index contributed by atoms with van der Waals surface area (Å²) in [4.78, 5) is 10.9. The molecule has 5 rings (SSSR count). The third-order valence-corrected chi connectivity index (χ3v) is 6.62. The topological polar surface area (TPSA) is 79.1 Å². The molecule has 2 aromatic heterocycles. The first-order valence-corrected chi connectivity index (χ1v) is 10.8. The van der Waals surface area contributed by atoms with Gasteiger partial charge in [-0.2, -0.15) is 5.10 Å². The van der Waals surface area contributed by atoms with Crippen molar-refractivity contribution in [1.82, 2.24) is 25.1 Å². The summed E-state index contributed by atoms with van der Waals surface area (Å²) < 4.78 is 16.7. The molecule has 162 valence electrons. The van der Waals surface area contributed by atoms with Gasteiger partial charge in [-0.25, -0.2) is 9.37 Å². The lowest BCUT2D eigenvalue weighted by atomic mass is 9.96. The number of hydrogen-bond donors (Lipinski definition) is 2. The molecule has 8 heteroatoms. The monoisotopic (exact) mass is 422 g/mol. The zero-order valence-corrected chi connectivity index (χ0v) is 17.7. The fourth-order valence-electron chi connectivity index (χ4n) is 4.77. The summed E-state index contributed by atoms with van der Waals surface area (Å²) in [5.74, 6) is 0.775. The van der Waals surface area contributed by atoms with Crippen LogP contribution in [0.3, 0.4) is 0 Å². The number of halogens is 1. The Morgan fingerprint density at radius 3 is 2.77 bits per heavy atom. The molecule has 0 saturated carbocycles. The molecule has 2 bridgehead atoms. The number of nitrogens with one attached hydrogen (secondary N) is 1. The highest BCUT2D eigenvalue weighted by molar-refractivity contribution is 5.73. The van der Waals surface area contributed by atoms with E-state index in [-0.39, 0.29) is 17.8 Å². The van der Waals surface area contributed by atoms with E-state index in [4.69, 9.17) is 0 Å². The van der Waals surface area contributed by atoms with Gasteiger partial charge in [0.25, 0.3) is 0 Å². The summed E-state index contributed by atoms with van der Waals surface area (Å²) in [5.41, 5.74) is 3.02. The quantitative estimate of drug-likeness (QED) is 0.656. The predicted molar refractivity (Wildman–Crippen MR) is 118 cm³/mol. The summed E-state index contributed by atoms with van der Waals surface area (Å²) in [6.07, 6.45) is 8.82. The van der Waals surface area contributed by atoms with Crippen LogP contribution >= 0.6 is 0 Å². The maximum absolute atomic E-state index is 14.9. The van der Waals surface area contributed by atoms with E-state index in [1.165, 1.54) is 0 Å². The normalized spacial score (nSPS) is 25.0. The smallest absolute Gasteiger partial charge is 0.147 e. The van der Waals surface area contributed by atoms with Crippen molar-refractivity contribution in [3.05, 3.63) is 43.0 Å². The first kappa shape index (κ1) is 19.9. The molecule has 2 unspecified atom stereocenters. The SMILES string of the molecule is CCn1cc(-c2ccc(-c3cnc(N(C)[C@H]4CC5CCC(N5)[C@H]4F)cn3)c(O)c2)cn1. The summed E-state index contributed by atoms with van der Waals surface area (Å²) in [6, 6.07) is 5.62. The average molecular weight is 423 g/mol. The van der Waals surface area contributed by atoms with Crippen molar-refractivity contribution in [2.45, 2.75) is 57.0 Å². The summed E-state index contributed by atoms with van der Waals surface area (Å²) >= 11 is 0. The highest BCUT2D eigenvalue weighted by atomic mass is 19.1. The Morgan fingerprint density at radius 2 is 2.06 bits per heavy atom. The lowest BCUT2D eigenvalue weighted by Gasteiger charge is -2.38. The van der Waals surface area contributed by atoms with Crippen molar-refractivity contribution in [2.24, 2.45) is 0 Å². The Labute approximate surface area is 180 Å². The maximum Gasteiger partial charge on any atom is 0.147 e. The Bertz CT molecular complexity index is 1070. The van der Waals surface area contributed by atoms with Gasteiger partial charge in [-0.15, -0.1) is 0 Å².